The van der Waals surface area contributed by atoms with Gasteiger partial charge in [0.15, 0.2) is 0 Å². The molecule has 25 heavy (non-hydrogen) atoms. The molecule has 2 aromatic rings. The molecule has 0 saturated carbocycles. The highest BCUT2D eigenvalue weighted by atomic mass is 19.1. The summed E-state index contributed by atoms with van der Waals surface area (Å²) in [5.74, 6) is -1.31. The molecule has 2 aromatic carbocycles. The monoisotopic (exact) mass is 344 g/mol. The second-order valence-electron chi connectivity index (χ2n) is 5.70. The smallest absolute Gasteiger partial charge is 0.316 e. The second-order valence-corrected chi connectivity index (χ2v) is 5.70. The number of carbonyl (C=O) groups is 2. The first-order valence-electron chi connectivity index (χ1n) is 8.15. The molecule has 0 aliphatic rings. The fraction of sp³-hybridized carbons (Fsp3) is 0.300. The normalized spacial score (nSPS) is 11.6. The summed E-state index contributed by atoms with van der Waals surface area (Å²) in [6.07, 6.45) is 0.867. The number of hydrogen-bond acceptors (Lipinski definition) is 4. The van der Waals surface area contributed by atoms with Gasteiger partial charge in [-0.2, -0.15) is 0 Å². The minimum atomic E-state index is -0.791. The molecule has 5 heteroatoms. The summed E-state index contributed by atoms with van der Waals surface area (Å²) >= 11 is 0. The predicted octanol–water partition coefficient (Wildman–Crippen LogP) is 3.93. The maximum Gasteiger partial charge on any atom is 0.316 e. The van der Waals surface area contributed by atoms with Gasteiger partial charge in [-0.3, -0.25) is 9.59 Å². The Morgan fingerprint density at radius 2 is 1.72 bits per heavy atom. The van der Waals surface area contributed by atoms with Gasteiger partial charge in [-0.15, -0.1) is 0 Å². The first kappa shape index (κ1) is 18.6. The number of hydrogen-bond donors (Lipinski definition) is 0. The van der Waals surface area contributed by atoms with Gasteiger partial charge in [-0.05, 0) is 49.6 Å². The van der Waals surface area contributed by atoms with Gasteiger partial charge in [0.1, 0.15) is 29.9 Å². The second kappa shape index (κ2) is 9.57. The van der Waals surface area contributed by atoms with Crippen molar-refractivity contribution in [2.45, 2.75) is 26.4 Å². The van der Waals surface area contributed by atoms with Gasteiger partial charge in [0.2, 0.25) is 0 Å². The van der Waals surface area contributed by atoms with Gasteiger partial charge >= 0.3 is 5.97 Å². The fourth-order valence-electron chi connectivity index (χ4n) is 2.32. The highest BCUT2D eigenvalue weighted by Gasteiger charge is 2.24. The Morgan fingerprint density at radius 3 is 2.36 bits per heavy atom. The standard InChI is InChI=1S/C20H21FO4/c1-15(22)19(20(23)25-14-16-6-3-2-4-7-16)8-5-13-24-18-11-9-17(21)10-12-18/h2-4,6-7,9-12,19H,5,8,13-14H2,1H3. The Hall–Kier alpha value is -2.69. The Morgan fingerprint density at radius 1 is 1.04 bits per heavy atom. The summed E-state index contributed by atoms with van der Waals surface area (Å²) < 4.78 is 23.5. The van der Waals surface area contributed by atoms with Crippen LogP contribution in [0.5, 0.6) is 5.75 Å². The predicted molar refractivity (Wildman–Crippen MR) is 91.5 cm³/mol. The zero-order valence-corrected chi connectivity index (χ0v) is 14.1. The number of halogens is 1. The molecule has 1 atom stereocenters. The van der Waals surface area contributed by atoms with Crippen LogP contribution in [0.4, 0.5) is 4.39 Å². The largest absolute Gasteiger partial charge is 0.494 e. The molecule has 0 bridgehead atoms. The lowest BCUT2D eigenvalue weighted by molar-refractivity contribution is -0.153. The summed E-state index contributed by atoms with van der Waals surface area (Å²) in [6, 6.07) is 15.0. The van der Waals surface area contributed by atoms with Gasteiger partial charge < -0.3 is 9.47 Å². The van der Waals surface area contributed by atoms with E-state index in [-0.39, 0.29) is 18.2 Å². The van der Waals surface area contributed by atoms with Gasteiger partial charge in [0.05, 0.1) is 6.61 Å². The van der Waals surface area contributed by atoms with E-state index in [4.69, 9.17) is 9.47 Å². The molecule has 0 saturated heterocycles. The average Bonchev–Trinajstić information content (AvgIpc) is 2.62. The molecule has 0 heterocycles. The van der Waals surface area contributed by atoms with Crippen molar-refractivity contribution in [2.75, 3.05) is 6.61 Å². The Kier molecular flexibility index (Phi) is 7.14. The molecule has 0 aromatic heterocycles. The maximum absolute atomic E-state index is 12.8. The van der Waals surface area contributed by atoms with E-state index in [0.29, 0.717) is 25.2 Å². The first-order chi connectivity index (χ1) is 12.1. The number of esters is 1. The van der Waals surface area contributed by atoms with Crippen molar-refractivity contribution in [1.29, 1.82) is 0 Å². The van der Waals surface area contributed by atoms with E-state index in [0.717, 1.165) is 5.56 Å². The van der Waals surface area contributed by atoms with Crippen LogP contribution in [0.25, 0.3) is 0 Å². The molecular formula is C20H21FO4. The van der Waals surface area contributed by atoms with Crippen molar-refractivity contribution in [3.05, 3.63) is 66.0 Å². The number of Topliss-reactive ketones (excluding diaryl/α,β-unsaturated/α-hetero) is 1. The first-order valence-corrected chi connectivity index (χ1v) is 8.15. The highest BCUT2D eigenvalue weighted by Crippen LogP contribution is 2.15. The van der Waals surface area contributed by atoms with Crippen LogP contribution in [-0.2, 0) is 20.9 Å². The molecule has 0 radical (unpaired) electrons. The number of ketones is 1. The third-order valence-corrected chi connectivity index (χ3v) is 3.72. The summed E-state index contributed by atoms with van der Waals surface area (Å²) in [5, 5.41) is 0. The fourth-order valence-corrected chi connectivity index (χ4v) is 2.32. The van der Waals surface area contributed by atoms with Crippen molar-refractivity contribution in [2.24, 2.45) is 5.92 Å². The van der Waals surface area contributed by atoms with E-state index in [1.165, 1.54) is 31.2 Å². The van der Waals surface area contributed by atoms with Gasteiger partial charge in [-0.25, -0.2) is 4.39 Å². The van der Waals surface area contributed by atoms with Crippen molar-refractivity contribution in [1.82, 2.24) is 0 Å². The zero-order chi connectivity index (χ0) is 18.1. The average molecular weight is 344 g/mol. The van der Waals surface area contributed by atoms with E-state index < -0.39 is 11.9 Å². The summed E-state index contributed by atoms with van der Waals surface area (Å²) in [7, 11) is 0. The molecule has 4 nitrogen and oxygen atoms in total. The molecule has 0 amide bonds. The molecule has 0 aliphatic carbocycles. The lowest BCUT2D eigenvalue weighted by Gasteiger charge is -2.14. The number of rotatable bonds is 9. The molecule has 0 spiro atoms. The minimum Gasteiger partial charge on any atom is -0.494 e. The molecule has 0 aliphatic heterocycles. The molecule has 132 valence electrons. The van der Waals surface area contributed by atoms with Gasteiger partial charge in [0.25, 0.3) is 0 Å². The van der Waals surface area contributed by atoms with Crippen LogP contribution < -0.4 is 4.74 Å². The van der Waals surface area contributed by atoms with Crippen LogP contribution in [-0.4, -0.2) is 18.4 Å². The number of ether oxygens (including phenoxy) is 2. The summed E-state index contributed by atoms with van der Waals surface area (Å²) in [4.78, 5) is 23.8. The van der Waals surface area contributed by atoms with Crippen LogP contribution in [0.2, 0.25) is 0 Å². The van der Waals surface area contributed by atoms with Crippen LogP contribution in [0, 0.1) is 11.7 Å². The van der Waals surface area contributed by atoms with E-state index in [2.05, 4.69) is 0 Å². The third kappa shape index (κ3) is 6.37. The van der Waals surface area contributed by atoms with Gasteiger partial charge in [-0.1, -0.05) is 30.3 Å². The molecule has 0 fully saturated rings. The Labute approximate surface area is 146 Å². The lowest BCUT2D eigenvalue weighted by Crippen LogP contribution is -2.24. The van der Waals surface area contributed by atoms with Gasteiger partial charge in [0, 0.05) is 0 Å². The SMILES string of the molecule is CC(=O)C(CCCOc1ccc(F)cc1)C(=O)OCc1ccccc1. The quantitative estimate of drug-likeness (QED) is 0.393. The summed E-state index contributed by atoms with van der Waals surface area (Å²) in [6.45, 7) is 1.87. The van der Waals surface area contributed by atoms with Crippen molar-refractivity contribution >= 4 is 11.8 Å². The van der Waals surface area contributed by atoms with E-state index in [1.54, 1.807) is 0 Å². The number of carbonyl (C=O) groups excluding carboxylic acids is 2. The summed E-state index contributed by atoms with van der Waals surface area (Å²) in [5.41, 5.74) is 0.873. The molecular weight excluding hydrogens is 323 g/mol. The number of benzene rings is 2. The molecule has 0 N–H and O–H groups in total. The third-order valence-electron chi connectivity index (χ3n) is 3.72. The Bertz CT molecular complexity index is 683. The van der Waals surface area contributed by atoms with Crippen molar-refractivity contribution in [3.63, 3.8) is 0 Å². The molecule has 2 rings (SSSR count). The maximum atomic E-state index is 12.8. The van der Waals surface area contributed by atoms with E-state index in [1.807, 2.05) is 30.3 Å². The zero-order valence-electron chi connectivity index (χ0n) is 14.1. The molecule has 1 unspecified atom stereocenters. The van der Waals surface area contributed by atoms with Crippen LogP contribution in [0.3, 0.4) is 0 Å². The van der Waals surface area contributed by atoms with E-state index >= 15 is 0 Å². The van der Waals surface area contributed by atoms with Crippen molar-refractivity contribution in [3.8, 4) is 5.75 Å². The van der Waals surface area contributed by atoms with Crippen LogP contribution in [0.15, 0.2) is 54.6 Å². The lowest BCUT2D eigenvalue weighted by atomic mass is 9.99. The minimum absolute atomic E-state index is 0.148. The Balaban J connectivity index is 1.76. The van der Waals surface area contributed by atoms with Crippen LogP contribution in [0.1, 0.15) is 25.3 Å². The van der Waals surface area contributed by atoms with Crippen LogP contribution >= 0.6 is 0 Å². The van der Waals surface area contributed by atoms with E-state index in [9.17, 15) is 14.0 Å². The highest BCUT2D eigenvalue weighted by molar-refractivity contribution is 5.97. The topological polar surface area (TPSA) is 52.6 Å². The van der Waals surface area contributed by atoms with Crippen molar-refractivity contribution < 1.29 is 23.5 Å².